The van der Waals surface area contributed by atoms with Gasteiger partial charge in [0.05, 0.1) is 12.3 Å². The molecule has 1 unspecified atom stereocenters. The number of rotatable bonds is 2. The normalized spacial score (nSPS) is 19.5. The molecule has 1 aliphatic carbocycles. The zero-order valence-corrected chi connectivity index (χ0v) is 12.9. The Kier molecular flexibility index (Phi) is 3.53. The van der Waals surface area contributed by atoms with E-state index in [9.17, 15) is 9.90 Å². The summed E-state index contributed by atoms with van der Waals surface area (Å²) in [5.41, 5.74) is 1.34. The molecule has 22 heavy (non-hydrogen) atoms. The lowest BCUT2D eigenvalue weighted by molar-refractivity contribution is 0.0689. The highest BCUT2D eigenvalue weighted by molar-refractivity contribution is 5.90. The molecule has 5 heteroatoms. The molecule has 0 aliphatic heterocycles. The highest BCUT2D eigenvalue weighted by Crippen LogP contribution is 2.44. The minimum Gasteiger partial charge on any atom is -0.453 e. The summed E-state index contributed by atoms with van der Waals surface area (Å²) in [6.07, 6.45) is 3.81. The van der Waals surface area contributed by atoms with E-state index in [0.29, 0.717) is 29.9 Å². The van der Waals surface area contributed by atoms with Crippen LogP contribution in [-0.4, -0.2) is 16.1 Å². The van der Waals surface area contributed by atoms with E-state index in [-0.39, 0.29) is 11.2 Å². The summed E-state index contributed by atoms with van der Waals surface area (Å²) >= 11 is 0. The van der Waals surface area contributed by atoms with Gasteiger partial charge in [-0.25, -0.2) is 4.79 Å². The van der Waals surface area contributed by atoms with Crippen molar-refractivity contribution in [1.29, 1.82) is 0 Å². The first-order valence-electron chi connectivity index (χ1n) is 7.30. The maximum Gasteiger partial charge on any atom is 0.379 e. The molecule has 1 N–H and O–H groups in total. The van der Waals surface area contributed by atoms with Crippen LogP contribution in [0.3, 0.4) is 0 Å². The third kappa shape index (κ3) is 2.64. The highest BCUT2D eigenvalue weighted by Gasteiger charge is 2.37. The van der Waals surface area contributed by atoms with Gasteiger partial charge in [-0.3, -0.25) is 4.98 Å². The minimum atomic E-state index is -0.609. The Morgan fingerprint density at radius 2 is 2.27 bits per heavy atom. The van der Waals surface area contributed by atoms with E-state index in [1.807, 2.05) is 0 Å². The fourth-order valence-corrected chi connectivity index (χ4v) is 3.04. The number of ether oxygens (including phenoxy) is 1. The van der Waals surface area contributed by atoms with Gasteiger partial charge in [0.2, 0.25) is 5.76 Å². The monoisotopic (exact) mass is 301 g/mol. The molecular weight excluding hydrogens is 282 g/mol. The Morgan fingerprint density at radius 3 is 2.95 bits per heavy atom. The molecule has 0 saturated carbocycles. The lowest BCUT2D eigenvalue weighted by atomic mass is 9.75. The summed E-state index contributed by atoms with van der Waals surface area (Å²) in [6, 6.07) is 3.34. The van der Waals surface area contributed by atoms with E-state index in [1.165, 1.54) is 6.20 Å². The first kappa shape index (κ1) is 14.8. The maximum atomic E-state index is 12.3. The summed E-state index contributed by atoms with van der Waals surface area (Å²) in [5.74, 6) is 0.636. The van der Waals surface area contributed by atoms with Crippen LogP contribution in [0.5, 0.6) is 5.75 Å². The van der Waals surface area contributed by atoms with E-state index in [4.69, 9.17) is 9.15 Å². The first-order valence-corrected chi connectivity index (χ1v) is 7.30. The molecule has 5 nitrogen and oxygen atoms in total. The predicted octanol–water partition coefficient (Wildman–Crippen LogP) is 3.21. The Morgan fingerprint density at radius 1 is 1.50 bits per heavy atom. The van der Waals surface area contributed by atoms with Crippen molar-refractivity contribution in [3.8, 4) is 5.75 Å². The van der Waals surface area contributed by atoms with E-state index in [2.05, 4.69) is 18.8 Å². The van der Waals surface area contributed by atoms with Crippen molar-refractivity contribution < 1.29 is 19.1 Å². The SMILES string of the molecule is Cc1c(C(=O)Oc2cccnc2)oc2c1C(O)CC(C)(C)C2. The van der Waals surface area contributed by atoms with Crippen LogP contribution in [0.25, 0.3) is 0 Å². The Labute approximate surface area is 128 Å². The summed E-state index contributed by atoms with van der Waals surface area (Å²) in [6.45, 7) is 5.93. The van der Waals surface area contributed by atoms with E-state index >= 15 is 0 Å². The highest BCUT2D eigenvalue weighted by atomic mass is 16.5. The number of nitrogens with zero attached hydrogens (tertiary/aromatic N) is 1. The van der Waals surface area contributed by atoms with E-state index in [1.54, 1.807) is 25.3 Å². The number of carbonyl (C=O) groups is 1. The molecular formula is C17H19NO4. The molecule has 3 rings (SSSR count). The standard InChI is InChI=1S/C17H19NO4/c1-10-14-12(19)7-17(2,3)8-13(14)22-15(10)16(20)21-11-5-4-6-18-9-11/h4-6,9,12,19H,7-8H2,1-3H3. The summed E-state index contributed by atoms with van der Waals surface area (Å²) < 4.78 is 11.0. The van der Waals surface area contributed by atoms with Gasteiger partial charge >= 0.3 is 5.97 Å². The second kappa shape index (κ2) is 5.25. The van der Waals surface area contributed by atoms with Gasteiger partial charge in [0, 0.05) is 23.7 Å². The van der Waals surface area contributed by atoms with Gasteiger partial charge in [0.15, 0.2) is 0 Å². The maximum absolute atomic E-state index is 12.3. The topological polar surface area (TPSA) is 72.6 Å². The van der Waals surface area contributed by atoms with Crippen LogP contribution < -0.4 is 4.74 Å². The number of fused-ring (bicyclic) bond motifs is 1. The third-order valence-corrected chi connectivity index (χ3v) is 4.02. The average Bonchev–Trinajstić information content (AvgIpc) is 2.75. The molecule has 0 fully saturated rings. The van der Waals surface area contributed by atoms with Gasteiger partial charge < -0.3 is 14.3 Å². The second-order valence-corrected chi connectivity index (χ2v) is 6.53. The lowest BCUT2D eigenvalue weighted by Gasteiger charge is -2.31. The predicted molar refractivity (Wildman–Crippen MR) is 79.7 cm³/mol. The molecule has 2 aromatic rings. The molecule has 2 heterocycles. The van der Waals surface area contributed by atoms with Crippen LogP contribution in [0.15, 0.2) is 28.9 Å². The molecule has 0 spiro atoms. The average molecular weight is 301 g/mol. The van der Waals surface area contributed by atoms with E-state index < -0.39 is 12.1 Å². The number of esters is 1. The molecule has 116 valence electrons. The molecule has 0 amide bonds. The van der Waals surface area contributed by atoms with Crippen molar-refractivity contribution in [3.05, 3.63) is 47.2 Å². The van der Waals surface area contributed by atoms with Crippen LogP contribution in [0.2, 0.25) is 0 Å². The quantitative estimate of drug-likeness (QED) is 0.862. The van der Waals surface area contributed by atoms with Crippen molar-refractivity contribution in [1.82, 2.24) is 4.98 Å². The molecule has 1 atom stereocenters. The number of aromatic nitrogens is 1. The minimum absolute atomic E-state index is 0.0543. The Hall–Kier alpha value is -2.14. The van der Waals surface area contributed by atoms with Gasteiger partial charge in [0.25, 0.3) is 0 Å². The molecule has 0 radical (unpaired) electrons. The number of aliphatic hydroxyl groups is 1. The molecule has 0 bridgehead atoms. The van der Waals surface area contributed by atoms with Crippen molar-refractivity contribution in [2.45, 2.75) is 39.7 Å². The molecule has 1 aliphatic rings. The molecule has 0 saturated heterocycles. The third-order valence-electron chi connectivity index (χ3n) is 4.02. The number of furan rings is 1. The van der Waals surface area contributed by atoms with Crippen LogP contribution in [0, 0.1) is 12.3 Å². The van der Waals surface area contributed by atoms with Gasteiger partial charge in [-0.15, -0.1) is 0 Å². The van der Waals surface area contributed by atoms with Crippen molar-refractivity contribution >= 4 is 5.97 Å². The first-order chi connectivity index (χ1) is 10.4. The van der Waals surface area contributed by atoms with Gasteiger partial charge in [-0.05, 0) is 30.9 Å². The van der Waals surface area contributed by atoms with Crippen LogP contribution in [0.4, 0.5) is 0 Å². The molecule has 0 aromatic carbocycles. The number of aliphatic hydroxyl groups excluding tert-OH is 1. The smallest absolute Gasteiger partial charge is 0.379 e. The van der Waals surface area contributed by atoms with Gasteiger partial charge in [-0.2, -0.15) is 0 Å². The number of hydrogen-bond donors (Lipinski definition) is 1. The summed E-state index contributed by atoms with van der Waals surface area (Å²) in [7, 11) is 0. The van der Waals surface area contributed by atoms with Crippen molar-refractivity contribution in [2.24, 2.45) is 5.41 Å². The van der Waals surface area contributed by atoms with Crippen molar-refractivity contribution in [3.63, 3.8) is 0 Å². The Balaban J connectivity index is 1.91. The number of hydrogen-bond acceptors (Lipinski definition) is 5. The van der Waals surface area contributed by atoms with Gasteiger partial charge in [-0.1, -0.05) is 13.8 Å². The van der Waals surface area contributed by atoms with Gasteiger partial charge in [0.1, 0.15) is 11.5 Å². The number of carbonyl (C=O) groups excluding carboxylic acids is 1. The Bertz CT molecular complexity index is 703. The zero-order valence-electron chi connectivity index (χ0n) is 12.9. The van der Waals surface area contributed by atoms with Crippen LogP contribution in [-0.2, 0) is 6.42 Å². The largest absolute Gasteiger partial charge is 0.453 e. The van der Waals surface area contributed by atoms with Crippen LogP contribution in [0.1, 0.15) is 53.8 Å². The lowest BCUT2D eigenvalue weighted by Crippen LogP contribution is -2.24. The van der Waals surface area contributed by atoms with Crippen LogP contribution >= 0.6 is 0 Å². The fourth-order valence-electron chi connectivity index (χ4n) is 3.04. The summed E-state index contributed by atoms with van der Waals surface area (Å²) in [5, 5.41) is 10.3. The van der Waals surface area contributed by atoms with E-state index in [0.717, 1.165) is 5.56 Å². The van der Waals surface area contributed by atoms with Crippen molar-refractivity contribution in [2.75, 3.05) is 0 Å². The number of pyridine rings is 1. The zero-order chi connectivity index (χ0) is 15.9. The summed E-state index contributed by atoms with van der Waals surface area (Å²) in [4.78, 5) is 16.2. The molecule has 2 aromatic heterocycles. The fraction of sp³-hybridized carbons (Fsp3) is 0.412. The second-order valence-electron chi connectivity index (χ2n) is 6.53.